The van der Waals surface area contributed by atoms with E-state index in [-0.39, 0.29) is 5.25 Å². The summed E-state index contributed by atoms with van der Waals surface area (Å²) >= 11 is 0. The zero-order chi connectivity index (χ0) is 12.1. The van der Waals surface area contributed by atoms with Crippen molar-refractivity contribution in [3.63, 3.8) is 0 Å². The summed E-state index contributed by atoms with van der Waals surface area (Å²) in [6.07, 6.45) is 6.57. The first-order valence-corrected chi connectivity index (χ1v) is 8.20. The van der Waals surface area contributed by atoms with Gasteiger partial charge in [-0.3, -0.25) is 4.90 Å². The van der Waals surface area contributed by atoms with Gasteiger partial charge in [0, 0.05) is 32.7 Å². The van der Waals surface area contributed by atoms with Crippen LogP contribution in [0.5, 0.6) is 0 Å². The lowest BCUT2D eigenvalue weighted by Crippen LogP contribution is -2.43. The molecule has 1 N–H and O–H groups in total. The van der Waals surface area contributed by atoms with Crippen LogP contribution in [0.15, 0.2) is 12.2 Å². The Morgan fingerprint density at radius 3 is 2.65 bits per heavy atom. The van der Waals surface area contributed by atoms with Crippen LogP contribution in [0.25, 0.3) is 0 Å². The molecule has 2 heterocycles. The van der Waals surface area contributed by atoms with Crippen molar-refractivity contribution >= 4 is 9.84 Å². The molecule has 5 heteroatoms. The third kappa shape index (κ3) is 3.79. The lowest BCUT2D eigenvalue weighted by Gasteiger charge is -2.25. The number of sulfone groups is 1. The first kappa shape index (κ1) is 13.1. The van der Waals surface area contributed by atoms with Crippen molar-refractivity contribution < 1.29 is 8.42 Å². The molecule has 2 rings (SSSR count). The summed E-state index contributed by atoms with van der Waals surface area (Å²) in [5.41, 5.74) is 0. The number of allylic oxidation sites excluding steroid dienone is 1. The van der Waals surface area contributed by atoms with Crippen molar-refractivity contribution in [1.82, 2.24) is 10.2 Å². The molecule has 2 saturated heterocycles. The Hall–Kier alpha value is -0.390. The van der Waals surface area contributed by atoms with Gasteiger partial charge in [0.1, 0.15) is 0 Å². The van der Waals surface area contributed by atoms with Crippen LogP contribution in [0.3, 0.4) is 0 Å². The Morgan fingerprint density at radius 2 is 2.00 bits per heavy atom. The normalized spacial score (nSPS) is 30.0. The fourth-order valence-electron chi connectivity index (χ4n) is 2.49. The molecule has 2 aliphatic heterocycles. The molecule has 1 unspecified atom stereocenters. The zero-order valence-electron chi connectivity index (χ0n) is 10.3. The molecule has 2 aliphatic rings. The van der Waals surface area contributed by atoms with E-state index in [1.165, 1.54) is 0 Å². The molecule has 0 aliphatic carbocycles. The van der Waals surface area contributed by atoms with Gasteiger partial charge >= 0.3 is 0 Å². The molecule has 1 atom stereocenters. The Balaban J connectivity index is 1.70. The molecule has 0 spiro atoms. The van der Waals surface area contributed by atoms with E-state index in [0.29, 0.717) is 12.2 Å². The summed E-state index contributed by atoms with van der Waals surface area (Å²) in [6.45, 7) is 5.25. The second-order valence-electron chi connectivity index (χ2n) is 4.89. The van der Waals surface area contributed by atoms with E-state index in [0.717, 1.165) is 45.6 Å². The first-order chi connectivity index (χ1) is 8.18. The van der Waals surface area contributed by atoms with Gasteiger partial charge in [0.25, 0.3) is 0 Å². The van der Waals surface area contributed by atoms with Gasteiger partial charge in [0.05, 0.1) is 11.0 Å². The molecule has 0 aromatic carbocycles. The molecule has 0 radical (unpaired) electrons. The van der Waals surface area contributed by atoms with Gasteiger partial charge in [0.15, 0.2) is 9.84 Å². The van der Waals surface area contributed by atoms with Crippen LogP contribution in [0.2, 0.25) is 0 Å². The van der Waals surface area contributed by atoms with Crippen LogP contribution < -0.4 is 5.32 Å². The third-order valence-corrected chi connectivity index (χ3v) is 5.90. The molecule has 0 saturated carbocycles. The van der Waals surface area contributed by atoms with E-state index >= 15 is 0 Å². The summed E-state index contributed by atoms with van der Waals surface area (Å²) in [5.74, 6) is 0.392. The molecule has 0 bridgehead atoms. The maximum atomic E-state index is 11.6. The van der Waals surface area contributed by atoms with Crippen molar-refractivity contribution in [3.05, 3.63) is 12.2 Å². The zero-order valence-corrected chi connectivity index (χ0v) is 11.1. The van der Waals surface area contributed by atoms with E-state index in [1.807, 2.05) is 0 Å². The number of piperazine rings is 1. The number of rotatable bonds is 4. The highest BCUT2D eigenvalue weighted by atomic mass is 32.2. The van der Waals surface area contributed by atoms with Crippen LogP contribution in [0.4, 0.5) is 0 Å². The Bertz CT molecular complexity index is 359. The van der Waals surface area contributed by atoms with E-state index in [1.54, 1.807) is 0 Å². The highest BCUT2D eigenvalue weighted by molar-refractivity contribution is 7.92. The van der Waals surface area contributed by atoms with Crippen molar-refractivity contribution in [1.29, 1.82) is 0 Å². The summed E-state index contributed by atoms with van der Waals surface area (Å²) in [4.78, 5) is 2.39. The summed E-state index contributed by atoms with van der Waals surface area (Å²) < 4.78 is 23.2. The monoisotopic (exact) mass is 258 g/mol. The minimum absolute atomic E-state index is 0.109. The topological polar surface area (TPSA) is 49.4 Å². The lowest BCUT2D eigenvalue weighted by molar-refractivity contribution is 0.264. The molecular weight excluding hydrogens is 236 g/mol. The maximum absolute atomic E-state index is 11.6. The summed E-state index contributed by atoms with van der Waals surface area (Å²) in [7, 11) is -2.77. The Kier molecular flexibility index (Phi) is 4.59. The highest BCUT2D eigenvalue weighted by Crippen LogP contribution is 2.22. The second-order valence-corrected chi connectivity index (χ2v) is 7.29. The Morgan fingerprint density at radius 1 is 1.24 bits per heavy atom. The molecule has 17 heavy (non-hydrogen) atoms. The van der Waals surface area contributed by atoms with E-state index in [9.17, 15) is 8.42 Å². The molecule has 98 valence electrons. The van der Waals surface area contributed by atoms with Crippen LogP contribution in [0.1, 0.15) is 19.3 Å². The number of nitrogens with zero attached hydrogens (tertiary/aromatic N) is 1. The van der Waals surface area contributed by atoms with Crippen LogP contribution in [-0.4, -0.2) is 57.0 Å². The van der Waals surface area contributed by atoms with Gasteiger partial charge < -0.3 is 5.32 Å². The van der Waals surface area contributed by atoms with Crippen LogP contribution in [0, 0.1) is 0 Å². The van der Waals surface area contributed by atoms with Crippen molar-refractivity contribution in [2.75, 3.05) is 38.5 Å². The summed E-state index contributed by atoms with van der Waals surface area (Å²) in [5, 5.41) is 3.21. The fourth-order valence-corrected chi connectivity index (χ4v) is 4.32. The number of hydrogen-bond donors (Lipinski definition) is 1. The molecule has 0 aromatic rings. The second kappa shape index (κ2) is 5.98. The standard InChI is InChI=1S/C12H22N2O2S/c15-17(16)11-3-5-12(17)4-1-2-8-14-9-6-13-7-10-14/h1-2,12-13H,3-11H2/b2-1-. The minimum Gasteiger partial charge on any atom is -0.314 e. The van der Waals surface area contributed by atoms with Crippen molar-refractivity contribution in [3.8, 4) is 0 Å². The van der Waals surface area contributed by atoms with Gasteiger partial charge in [-0.05, 0) is 19.3 Å². The maximum Gasteiger partial charge on any atom is 0.153 e. The average Bonchev–Trinajstić information content (AvgIpc) is 2.66. The lowest BCUT2D eigenvalue weighted by atomic mass is 10.2. The predicted molar refractivity (Wildman–Crippen MR) is 69.9 cm³/mol. The molecule has 4 nitrogen and oxygen atoms in total. The fraction of sp³-hybridized carbons (Fsp3) is 0.833. The quantitative estimate of drug-likeness (QED) is 0.742. The number of nitrogens with one attached hydrogen (secondary N) is 1. The smallest absolute Gasteiger partial charge is 0.153 e. The minimum atomic E-state index is -2.77. The highest BCUT2D eigenvalue weighted by Gasteiger charge is 2.29. The van der Waals surface area contributed by atoms with Crippen molar-refractivity contribution in [2.45, 2.75) is 24.5 Å². The van der Waals surface area contributed by atoms with Crippen molar-refractivity contribution in [2.24, 2.45) is 0 Å². The average molecular weight is 258 g/mol. The Labute approximate surface area is 104 Å². The molecule has 0 aromatic heterocycles. The summed E-state index contributed by atoms with van der Waals surface area (Å²) in [6, 6.07) is 0. The van der Waals surface area contributed by atoms with Crippen LogP contribution >= 0.6 is 0 Å². The first-order valence-electron chi connectivity index (χ1n) is 6.48. The van der Waals surface area contributed by atoms with Gasteiger partial charge in [-0.2, -0.15) is 0 Å². The van der Waals surface area contributed by atoms with E-state index in [4.69, 9.17) is 0 Å². The van der Waals surface area contributed by atoms with E-state index in [2.05, 4.69) is 22.4 Å². The van der Waals surface area contributed by atoms with Gasteiger partial charge in [-0.15, -0.1) is 0 Å². The third-order valence-electron chi connectivity index (χ3n) is 3.60. The van der Waals surface area contributed by atoms with E-state index < -0.39 is 9.84 Å². The molecule has 2 fully saturated rings. The van der Waals surface area contributed by atoms with Gasteiger partial charge in [-0.25, -0.2) is 8.42 Å². The predicted octanol–water partition coefficient (Wildman–Crippen LogP) is 0.415. The van der Waals surface area contributed by atoms with Gasteiger partial charge in [-0.1, -0.05) is 12.2 Å². The van der Waals surface area contributed by atoms with Gasteiger partial charge in [0.2, 0.25) is 0 Å². The SMILES string of the molecule is O=S1(=O)CCCC1C/C=C\CN1CCNCC1. The molecule has 0 amide bonds. The van der Waals surface area contributed by atoms with Crippen LogP contribution in [-0.2, 0) is 9.84 Å². The largest absolute Gasteiger partial charge is 0.314 e. The molecular formula is C12H22N2O2S. The number of hydrogen-bond acceptors (Lipinski definition) is 4.